The number of nitrogens with zero attached hydrogens (tertiary/aromatic N) is 1. The van der Waals surface area contributed by atoms with E-state index in [0.717, 1.165) is 11.4 Å². The van der Waals surface area contributed by atoms with Crippen LogP contribution in [0.2, 0.25) is 0 Å². The SMILES string of the molecule is CNC(=S)N/N=C(\C)c1ccc[nH]1. The number of nitrogens with one attached hydrogen (secondary N) is 3. The van der Waals surface area contributed by atoms with Crippen LogP contribution in [-0.2, 0) is 0 Å². The standard InChI is InChI=1S/C8H12N4S/c1-6(7-4-3-5-10-7)11-12-8(13)9-2/h3-5,10H,1-2H3,(H2,9,12,13)/b11-6+. The van der Waals surface area contributed by atoms with Crippen LogP contribution in [0.4, 0.5) is 0 Å². The molecule has 3 N–H and O–H groups in total. The van der Waals surface area contributed by atoms with Gasteiger partial charge in [-0.05, 0) is 31.3 Å². The maximum Gasteiger partial charge on any atom is 0.186 e. The first-order chi connectivity index (χ1) is 6.24. The van der Waals surface area contributed by atoms with Gasteiger partial charge >= 0.3 is 0 Å². The average Bonchev–Trinajstić information content (AvgIpc) is 2.66. The Hall–Kier alpha value is -1.36. The number of H-pyrrole nitrogens is 1. The lowest BCUT2D eigenvalue weighted by Gasteiger charge is -2.01. The molecule has 0 amide bonds. The molecular weight excluding hydrogens is 184 g/mol. The van der Waals surface area contributed by atoms with Gasteiger partial charge in [-0.25, -0.2) is 0 Å². The van der Waals surface area contributed by atoms with Gasteiger partial charge in [-0.1, -0.05) is 0 Å². The molecule has 0 spiro atoms. The maximum atomic E-state index is 4.86. The molecule has 0 fully saturated rings. The maximum absolute atomic E-state index is 4.86. The highest BCUT2D eigenvalue weighted by Gasteiger charge is 1.96. The van der Waals surface area contributed by atoms with Gasteiger partial charge < -0.3 is 10.3 Å². The third-order valence-corrected chi connectivity index (χ3v) is 1.84. The molecule has 0 radical (unpaired) electrons. The van der Waals surface area contributed by atoms with Gasteiger partial charge in [0.25, 0.3) is 0 Å². The van der Waals surface area contributed by atoms with Crippen LogP contribution >= 0.6 is 12.2 Å². The Morgan fingerprint density at radius 3 is 2.92 bits per heavy atom. The number of thiocarbonyl (C=S) groups is 1. The zero-order valence-electron chi connectivity index (χ0n) is 7.59. The first-order valence-corrected chi connectivity index (χ1v) is 4.30. The highest BCUT2D eigenvalue weighted by atomic mass is 32.1. The van der Waals surface area contributed by atoms with E-state index >= 15 is 0 Å². The van der Waals surface area contributed by atoms with Crippen molar-refractivity contribution in [2.45, 2.75) is 6.92 Å². The van der Waals surface area contributed by atoms with E-state index in [9.17, 15) is 0 Å². The van der Waals surface area contributed by atoms with Gasteiger partial charge in [0.2, 0.25) is 0 Å². The Morgan fingerprint density at radius 2 is 2.38 bits per heavy atom. The number of hydrazone groups is 1. The quantitative estimate of drug-likeness (QED) is 0.373. The number of hydrogen-bond acceptors (Lipinski definition) is 2. The van der Waals surface area contributed by atoms with E-state index in [2.05, 4.69) is 20.8 Å². The molecule has 4 nitrogen and oxygen atoms in total. The van der Waals surface area contributed by atoms with Crippen LogP contribution in [0.5, 0.6) is 0 Å². The minimum absolute atomic E-state index is 0.505. The van der Waals surface area contributed by atoms with Crippen molar-refractivity contribution in [3.63, 3.8) is 0 Å². The Labute approximate surface area is 82.4 Å². The summed E-state index contributed by atoms with van der Waals surface area (Å²) >= 11 is 4.86. The van der Waals surface area contributed by atoms with Crippen LogP contribution < -0.4 is 10.7 Å². The third-order valence-electron chi connectivity index (χ3n) is 1.54. The fourth-order valence-electron chi connectivity index (χ4n) is 0.806. The van der Waals surface area contributed by atoms with Crippen molar-refractivity contribution < 1.29 is 0 Å². The highest BCUT2D eigenvalue weighted by molar-refractivity contribution is 7.80. The van der Waals surface area contributed by atoms with Crippen LogP contribution in [0.1, 0.15) is 12.6 Å². The number of rotatable bonds is 2. The summed E-state index contributed by atoms with van der Waals surface area (Å²) in [5.41, 5.74) is 4.55. The fourth-order valence-corrected chi connectivity index (χ4v) is 0.852. The lowest BCUT2D eigenvalue weighted by atomic mass is 10.3. The van der Waals surface area contributed by atoms with E-state index < -0.39 is 0 Å². The van der Waals surface area contributed by atoms with Gasteiger partial charge in [0.1, 0.15) is 0 Å². The second kappa shape index (κ2) is 4.61. The molecule has 0 saturated carbocycles. The van der Waals surface area contributed by atoms with Crippen LogP contribution in [0.3, 0.4) is 0 Å². The monoisotopic (exact) mass is 196 g/mol. The highest BCUT2D eigenvalue weighted by Crippen LogP contribution is 1.95. The Bertz CT molecular complexity index is 302. The number of aromatic amines is 1. The van der Waals surface area contributed by atoms with E-state index in [4.69, 9.17) is 12.2 Å². The van der Waals surface area contributed by atoms with Crippen molar-refractivity contribution in [3.05, 3.63) is 24.0 Å². The molecule has 0 bridgehead atoms. The van der Waals surface area contributed by atoms with Crippen molar-refractivity contribution >= 4 is 23.0 Å². The van der Waals surface area contributed by atoms with Crippen molar-refractivity contribution in [1.29, 1.82) is 0 Å². The van der Waals surface area contributed by atoms with Gasteiger partial charge in [-0.2, -0.15) is 5.10 Å². The molecule has 1 rings (SSSR count). The number of hydrogen-bond donors (Lipinski definition) is 3. The molecule has 0 unspecified atom stereocenters. The summed E-state index contributed by atoms with van der Waals surface area (Å²) in [6, 6.07) is 3.87. The summed E-state index contributed by atoms with van der Waals surface area (Å²) in [6.45, 7) is 1.90. The van der Waals surface area contributed by atoms with Crippen molar-refractivity contribution in [2.24, 2.45) is 5.10 Å². The lowest BCUT2D eigenvalue weighted by molar-refractivity contribution is 0.972. The minimum Gasteiger partial charge on any atom is -0.364 e. The van der Waals surface area contributed by atoms with Gasteiger partial charge in [0, 0.05) is 13.2 Å². The molecule has 13 heavy (non-hydrogen) atoms. The lowest BCUT2D eigenvalue weighted by Crippen LogP contribution is -2.29. The normalized spacial score (nSPS) is 11.1. The summed E-state index contributed by atoms with van der Waals surface area (Å²) in [6.07, 6.45) is 1.85. The second-order valence-electron chi connectivity index (χ2n) is 2.47. The molecule has 0 aromatic carbocycles. The van der Waals surface area contributed by atoms with Gasteiger partial charge in [0.05, 0.1) is 11.4 Å². The zero-order chi connectivity index (χ0) is 9.68. The zero-order valence-corrected chi connectivity index (χ0v) is 8.40. The third kappa shape index (κ3) is 2.87. The smallest absolute Gasteiger partial charge is 0.186 e. The first-order valence-electron chi connectivity index (χ1n) is 3.90. The molecular formula is C8H12N4S. The van der Waals surface area contributed by atoms with E-state index in [-0.39, 0.29) is 0 Å². The van der Waals surface area contributed by atoms with E-state index in [1.54, 1.807) is 7.05 Å². The Morgan fingerprint density at radius 1 is 1.62 bits per heavy atom. The van der Waals surface area contributed by atoms with Crippen molar-refractivity contribution in [3.8, 4) is 0 Å². The van der Waals surface area contributed by atoms with Crippen LogP contribution in [0, 0.1) is 0 Å². The molecule has 1 aromatic rings. The van der Waals surface area contributed by atoms with Gasteiger partial charge in [-0.3, -0.25) is 5.43 Å². The van der Waals surface area contributed by atoms with Gasteiger partial charge in [0.15, 0.2) is 5.11 Å². The largest absolute Gasteiger partial charge is 0.364 e. The fraction of sp³-hybridized carbons (Fsp3) is 0.250. The summed E-state index contributed by atoms with van der Waals surface area (Å²) < 4.78 is 0. The van der Waals surface area contributed by atoms with Crippen LogP contribution in [0.15, 0.2) is 23.4 Å². The topological polar surface area (TPSA) is 52.2 Å². The Kier molecular flexibility index (Phi) is 3.45. The van der Waals surface area contributed by atoms with Crippen LogP contribution in [-0.4, -0.2) is 22.9 Å². The first kappa shape index (κ1) is 9.73. The van der Waals surface area contributed by atoms with E-state index in [1.165, 1.54) is 0 Å². The molecule has 0 aliphatic rings. The molecule has 70 valence electrons. The molecule has 5 heteroatoms. The molecule has 0 atom stereocenters. The van der Waals surface area contributed by atoms with E-state index in [1.807, 2.05) is 25.3 Å². The van der Waals surface area contributed by atoms with Crippen molar-refractivity contribution in [2.75, 3.05) is 7.05 Å². The van der Waals surface area contributed by atoms with Crippen molar-refractivity contribution in [1.82, 2.24) is 15.7 Å². The molecule has 0 aliphatic carbocycles. The summed E-state index contributed by atoms with van der Waals surface area (Å²) in [7, 11) is 1.74. The molecule has 1 heterocycles. The van der Waals surface area contributed by atoms with Crippen LogP contribution in [0.25, 0.3) is 0 Å². The summed E-state index contributed by atoms with van der Waals surface area (Å²) in [4.78, 5) is 3.04. The molecule has 0 saturated heterocycles. The molecule has 1 aromatic heterocycles. The predicted octanol–water partition coefficient (Wildman–Crippen LogP) is 0.833. The predicted molar refractivity (Wildman–Crippen MR) is 57.8 cm³/mol. The Balaban J connectivity index is 2.57. The van der Waals surface area contributed by atoms with Gasteiger partial charge in [-0.15, -0.1) is 0 Å². The molecule has 0 aliphatic heterocycles. The summed E-state index contributed by atoms with van der Waals surface area (Å²) in [5.74, 6) is 0. The van der Waals surface area contributed by atoms with E-state index in [0.29, 0.717) is 5.11 Å². The number of aromatic nitrogens is 1. The average molecular weight is 196 g/mol. The second-order valence-corrected chi connectivity index (χ2v) is 2.88. The summed E-state index contributed by atoms with van der Waals surface area (Å²) in [5, 5.41) is 7.34. The minimum atomic E-state index is 0.505.